The number of morpholine rings is 1. The van der Waals surface area contributed by atoms with Gasteiger partial charge in [0, 0.05) is 24.5 Å². The van der Waals surface area contributed by atoms with Crippen molar-refractivity contribution in [3.8, 4) is 0 Å². The Bertz CT molecular complexity index is 382. The molecule has 16 heavy (non-hydrogen) atoms. The lowest BCUT2D eigenvalue weighted by Crippen LogP contribution is -2.50. The summed E-state index contributed by atoms with van der Waals surface area (Å²) in [4.78, 5) is 17.1. The van der Waals surface area contributed by atoms with Gasteiger partial charge in [0.25, 0.3) is 0 Å². The van der Waals surface area contributed by atoms with Gasteiger partial charge in [-0.3, -0.25) is 0 Å². The minimum Gasteiger partial charge on any atom is -0.480 e. The van der Waals surface area contributed by atoms with E-state index >= 15 is 0 Å². The number of carboxylic acids is 1. The first kappa shape index (κ1) is 11.3. The van der Waals surface area contributed by atoms with Gasteiger partial charge in [-0.15, -0.1) is 0 Å². The third-order valence-corrected chi connectivity index (χ3v) is 3.22. The summed E-state index contributed by atoms with van der Waals surface area (Å²) in [5, 5.41) is 9.74. The molecule has 7 heteroatoms. The van der Waals surface area contributed by atoms with Gasteiger partial charge in [-0.1, -0.05) is 6.92 Å². The van der Waals surface area contributed by atoms with E-state index in [-0.39, 0.29) is 6.61 Å². The van der Waals surface area contributed by atoms with Gasteiger partial charge in [-0.25, -0.2) is 9.78 Å². The van der Waals surface area contributed by atoms with Crippen molar-refractivity contribution < 1.29 is 14.6 Å². The Balaban J connectivity index is 2.19. The van der Waals surface area contributed by atoms with Crippen molar-refractivity contribution in [3.05, 3.63) is 5.82 Å². The van der Waals surface area contributed by atoms with E-state index in [1.54, 1.807) is 4.90 Å². The normalized spacial score (nSPS) is 21.1. The molecule has 1 aromatic heterocycles. The van der Waals surface area contributed by atoms with Gasteiger partial charge >= 0.3 is 5.97 Å². The highest BCUT2D eigenvalue weighted by molar-refractivity contribution is 7.09. The lowest BCUT2D eigenvalue weighted by molar-refractivity contribution is -0.141. The van der Waals surface area contributed by atoms with E-state index in [1.165, 1.54) is 11.5 Å². The lowest BCUT2D eigenvalue weighted by atomic mass is 10.2. The van der Waals surface area contributed by atoms with E-state index in [0.717, 1.165) is 12.2 Å². The summed E-state index contributed by atoms with van der Waals surface area (Å²) in [6.45, 7) is 3.26. The molecule has 88 valence electrons. The first-order valence-electron chi connectivity index (χ1n) is 5.12. The molecule has 2 rings (SSSR count). The van der Waals surface area contributed by atoms with Gasteiger partial charge in [-0.05, 0) is 0 Å². The van der Waals surface area contributed by atoms with Crippen molar-refractivity contribution in [2.45, 2.75) is 19.4 Å². The van der Waals surface area contributed by atoms with Crippen LogP contribution < -0.4 is 4.90 Å². The van der Waals surface area contributed by atoms with Crippen molar-refractivity contribution in [1.82, 2.24) is 9.36 Å². The molecule has 1 saturated heterocycles. The molecule has 2 heterocycles. The Morgan fingerprint density at radius 2 is 2.56 bits per heavy atom. The quantitative estimate of drug-likeness (QED) is 0.827. The van der Waals surface area contributed by atoms with Gasteiger partial charge in [0.05, 0.1) is 13.2 Å². The van der Waals surface area contributed by atoms with E-state index < -0.39 is 12.0 Å². The van der Waals surface area contributed by atoms with Crippen LogP contribution in [0.3, 0.4) is 0 Å². The molecule has 6 nitrogen and oxygen atoms in total. The highest BCUT2D eigenvalue weighted by Crippen LogP contribution is 2.22. The molecule has 1 aliphatic rings. The van der Waals surface area contributed by atoms with Crippen molar-refractivity contribution in [1.29, 1.82) is 0 Å². The zero-order chi connectivity index (χ0) is 11.5. The topological polar surface area (TPSA) is 75.6 Å². The fourth-order valence-electron chi connectivity index (χ4n) is 1.54. The average Bonchev–Trinajstić information content (AvgIpc) is 2.77. The van der Waals surface area contributed by atoms with Crippen molar-refractivity contribution in [3.63, 3.8) is 0 Å². The maximum Gasteiger partial charge on any atom is 0.328 e. The maximum absolute atomic E-state index is 11.0. The largest absolute Gasteiger partial charge is 0.480 e. The number of carboxylic acid groups (broad SMARTS) is 1. The zero-order valence-electron chi connectivity index (χ0n) is 8.92. The number of ether oxygens (including phenoxy) is 1. The lowest BCUT2D eigenvalue weighted by Gasteiger charge is -2.32. The summed E-state index contributed by atoms with van der Waals surface area (Å²) in [5.41, 5.74) is 0. The molecule has 0 radical (unpaired) electrons. The fraction of sp³-hybridized carbons (Fsp3) is 0.667. The van der Waals surface area contributed by atoms with E-state index in [1.807, 2.05) is 6.92 Å². The number of rotatable bonds is 3. The van der Waals surface area contributed by atoms with Crippen LogP contribution in [0, 0.1) is 0 Å². The summed E-state index contributed by atoms with van der Waals surface area (Å²) in [6.07, 6.45) is 0.762. The molecular weight excluding hydrogens is 230 g/mol. The Morgan fingerprint density at radius 1 is 1.75 bits per heavy atom. The first-order chi connectivity index (χ1) is 7.72. The summed E-state index contributed by atoms with van der Waals surface area (Å²) < 4.78 is 9.32. The number of carbonyl (C=O) groups is 1. The van der Waals surface area contributed by atoms with Crippen LogP contribution in [0.15, 0.2) is 0 Å². The molecule has 0 amide bonds. The molecule has 0 spiro atoms. The van der Waals surface area contributed by atoms with Crippen molar-refractivity contribution in [2.75, 3.05) is 24.7 Å². The molecule has 1 fully saturated rings. The molecule has 1 N–H and O–H groups in total. The fourth-order valence-corrected chi connectivity index (χ4v) is 2.37. The maximum atomic E-state index is 11.0. The average molecular weight is 243 g/mol. The summed E-state index contributed by atoms with van der Waals surface area (Å²) >= 11 is 1.25. The van der Waals surface area contributed by atoms with E-state index in [9.17, 15) is 4.79 Å². The Hall–Kier alpha value is -1.21. The number of aromatic nitrogens is 2. The molecule has 0 aromatic carbocycles. The van der Waals surface area contributed by atoms with Crippen LogP contribution in [0.25, 0.3) is 0 Å². The van der Waals surface area contributed by atoms with Crippen LogP contribution in [0.4, 0.5) is 5.13 Å². The van der Waals surface area contributed by atoms with Crippen LogP contribution in [-0.4, -0.2) is 46.2 Å². The second-order valence-corrected chi connectivity index (χ2v) is 4.20. The molecule has 0 saturated carbocycles. The number of nitrogens with zero attached hydrogens (tertiary/aromatic N) is 3. The minimum absolute atomic E-state index is 0.205. The van der Waals surface area contributed by atoms with Crippen LogP contribution in [-0.2, 0) is 16.0 Å². The third-order valence-electron chi connectivity index (χ3n) is 2.43. The van der Waals surface area contributed by atoms with Gasteiger partial charge in [0.2, 0.25) is 5.13 Å². The number of aliphatic carboxylic acids is 1. The predicted octanol–water partition coefficient (Wildman–Crippen LogP) is 0.390. The van der Waals surface area contributed by atoms with Crippen LogP contribution in [0.2, 0.25) is 0 Å². The van der Waals surface area contributed by atoms with Crippen LogP contribution in [0.1, 0.15) is 12.7 Å². The second-order valence-electron chi connectivity index (χ2n) is 3.47. The Labute approximate surface area is 97.0 Å². The van der Waals surface area contributed by atoms with E-state index in [0.29, 0.717) is 18.3 Å². The second kappa shape index (κ2) is 4.75. The number of hydrogen-bond acceptors (Lipinski definition) is 6. The van der Waals surface area contributed by atoms with Crippen LogP contribution in [0.5, 0.6) is 0 Å². The predicted molar refractivity (Wildman–Crippen MR) is 58.9 cm³/mol. The molecule has 0 bridgehead atoms. The first-order valence-corrected chi connectivity index (χ1v) is 5.89. The summed E-state index contributed by atoms with van der Waals surface area (Å²) in [7, 11) is 0. The Morgan fingerprint density at radius 3 is 3.19 bits per heavy atom. The molecule has 0 aliphatic carbocycles. The molecular formula is C9H13N3O3S. The highest BCUT2D eigenvalue weighted by atomic mass is 32.1. The van der Waals surface area contributed by atoms with Gasteiger partial charge in [0.15, 0.2) is 6.04 Å². The summed E-state index contributed by atoms with van der Waals surface area (Å²) in [6, 6.07) is -0.647. The van der Waals surface area contributed by atoms with Gasteiger partial charge in [-0.2, -0.15) is 4.37 Å². The minimum atomic E-state index is -0.882. The molecule has 1 aromatic rings. The van der Waals surface area contributed by atoms with E-state index in [4.69, 9.17) is 9.84 Å². The van der Waals surface area contributed by atoms with Crippen molar-refractivity contribution in [2.24, 2.45) is 0 Å². The molecule has 1 unspecified atom stereocenters. The monoisotopic (exact) mass is 243 g/mol. The third kappa shape index (κ3) is 2.14. The van der Waals surface area contributed by atoms with E-state index in [2.05, 4.69) is 9.36 Å². The Kier molecular flexibility index (Phi) is 3.35. The number of anilines is 1. The number of hydrogen-bond donors (Lipinski definition) is 1. The SMILES string of the molecule is CCc1nsc(N2CCOCC2C(=O)O)n1. The van der Waals surface area contributed by atoms with Gasteiger partial charge in [0.1, 0.15) is 5.82 Å². The van der Waals surface area contributed by atoms with Crippen LogP contribution >= 0.6 is 11.5 Å². The zero-order valence-corrected chi connectivity index (χ0v) is 9.74. The summed E-state index contributed by atoms with van der Waals surface area (Å²) in [5.74, 6) is -0.122. The number of aryl methyl sites for hydroxylation is 1. The standard InChI is InChI=1S/C9H13N3O3S/c1-2-7-10-9(16-11-7)12-3-4-15-5-6(12)8(13)14/h6H,2-5H2,1H3,(H,13,14). The smallest absolute Gasteiger partial charge is 0.328 e. The van der Waals surface area contributed by atoms with Gasteiger partial charge < -0.3 is 14.7 Å². The van der Waals surface area contributed by atoms with Crippen molar-refractivity contribution >= 4 is 22.6 Å². The molecule has 1 atom stereocenters. The highest BCUT2D eigenvalue weighted by Gasteiger charge is 2.31. The molecule has 1 aliphatic heterocycles.